The zero-order valence-electron chi connectivity index (χ0n) is 30.7. The van der Waals surface area contributed by atoms with Gasteiger partial charge in [-0.25, -0.2) is 0 Å². The highest BCUT2D eigenvalue weighted by Gasteiger charge is 2.36. The van der Waals surface area contributed by atoms with Crippen LogP contribution in [0.25, 0.3) is 99.2 Å². The number of furan rings is 2. The highest BCUT2D eigenvalue weighted by Crippen LogP contribution is 2.52. The third kappa shape index (κ3) is 3.80. The lowest BCUT2D eigenvalue weighted by Gasteiger charge is -2.22. The van der Waals surface area contributed by atoms with Crippen LogP contribution in [0.3, 0.4) is 0 Å². The van der Waals surface area contributed by atoms with Crippen LogP contribution in [-0.4, -0.2) is 0 Å². The Morgan fingerprint density at radius 1 is 0.333 bits per heavy atom. The van der Waals surface area contributed by atoms with Gasteiger partial charge in [0.2, 0.25) is 0 Å². The largest absolute Gasteiger partial charge is 0.452 e. The first kappa shape index (κ1) is 30.1. The average Bonchev–Trinajstić information content (AvgIpc) is 3.90. The van der Waals surface area contributed by atoms with Crippen molar-refractivity contribution in [1.29, 1.82) is 0 Å². The predicted molar refractivity (Wildman–Crippen MR) is 225 cm³/mol. The standard InChI is InChI=1S/C52H36O2/c1-51(2)41-15-9-7-11-33(41)35-21-17-29(25-43(35)51)31-19-23-39-45(27-31)53-49-47(39)37-13-5-6-14-38(37)48-40-24-20-32(28-46(40)54-50(48)49)30-18-22-36-34-12-8-10-16-42(34)52(3,4)44(36)26-30/h5-28H,1-4H3. The number of benzene rings is 8. The van der Waals surface area contributed by atoms with Crippen molar-refractivity contribution in [1.82, 2.24) is 0 Å². The van der Waals surface area contributed by atoms with E-state index in [2.05, 4.69) is 173 Å². The molecule has 0 spiro atoms. The van der Waals surface area contributed by atoms with Crippen molar-refractivity contribution in [3.63, 3.8) is 0 Å². The number of rotatable bonds is 2. The van der Waals surface area contributed by atoms with Crippen LogP contribution in [0.1, 0.15) is 49.9 Å². The second-order valence-corrected chi connectivity index (χ2v) is 16.4. The van der Waals surface area contributed by atoms with Crippen molar-refractivity contribution < 1.29 is 8.83 Å². The van der Waals surface area contributed by atoms with Crippen molar-refractivity contribution in [2.45, 2.75) is 38.5 Å². The molecule has 2 aromatic heterocycles. The van der Waals surface area contributed by atoms with E-state index in [0.29, 0.717) is 0 Å². The van der Waals surface area contributed by atoms with Crippen LogP contribution in [0.4, 0.5) is 0 Å². The molecule has 2 aliphatic rings. The maximum Gasteiger partial charge on any atom is 0.179 e. The molecule has 2 aliphatic carbocycles. The quantitative estimate of drug-likeness (QED) is 0.180. The Hall–Kier alpha value is -6.38. The molecule has 0 fully saturated rings. The lowest BCUT2D eigenvalue weighted by molar-refractivity contribution is 0.634. The van der Waals surface area contributed by atoms with E-state index in [-0.39, 0.29) is 10.8 Å². The fourth-order valence-corrected chi connectivity index (χ4v) is 10.1. The summed E-state index contributed by atoms with van der Waals surface area (Å²) >= 11 is 0. The Labute approximate surface area is 313 Å². The second kappa shape index (κ2) is 10.2. The average molecular weight is 693 g/mol. The minimum atomic E-state index is -0.0555. The van der Waals surface area contributed by atoms with Gasteiger partial charge in [0, 0.05) is 32.4 Å². The number of fused-ring (bicyclic) bond motifs is 16. The zero-order valence-corrected chi connectivity index (χ0v) is 30.7. The second-order valence-electron chi connectivity index (χ2n) is 16.4. The van der Waals surface area contributed by atoms with E-state index in [4.69, 9.17) is 8.83 Å². The normalized spacial score (nSPS) is 15.0. The molecule has 10 aromatic rings. The van der Waals surface area contributed by atoms with E-state index >= 15 is 0 Å². The van der Waals surface area contributed by atoms with Crippen LogP contribution in [-0.2, 0) is 10.8 Å². The lowest BCUT2D eigenvalue weighted by Crippen LogP contribution is -2.14. The Balaban J connectivity index is 1.02. The van der Waals surface area contributed by atoms with Gasteiger partial charge in [0.05, 0.1) is 0 Å². The van der Waals surface area contributed by atoms with Crippen molar-refractivity contribution in [2.24, 2.45) is 0 Å². The third-order valence-corrected chi connectivity index (χ3v) is 12.9. The molecular weight excluding hydrogens is 657 g/mol. The summed E-state index contributed by atoms with van der Waals surface area (Å²) in [6, 6.07) is 53.5. The SMILES string of the molecule is CC1(C)c2ccccc2-c2ccc(-c3ccc4c(c3)oc3c5oc6cc(-c7ccc8c(c7)C(C)(C)c7ccccc7-8)ccc6c5c5ccccc5c43)cc21. The smallest absolute Gasteiger partial charge is 0.179 e. The summed E-state index contributed by atoms with van der Waals surface area (Å²) in [4.78, 5) is 0. The minimum absolute atomic E-state index is 0.0555. The van der Waals surface area contributed by atoms with Crippen LogP contribution in [0.5, 0.6) is 0 Å². The molecule has 0 radical (unpaired) electrons. The van der Waals surface area contributed by atoms with Gasteiger partial charge >= 0.3 is 0 Å². The first-order valence-electron chi connectivity index (χ1n) is 19.0. The molecule has 54 heavy (non-hydrogen) atoms. The van der Waals surface area contributed by atoms with E-state index in [1.165, 1.54) is 66.4 Å². The fraction of sp³-hybridized carbons (Fsp3) is 0.115. The van der Waals surface area contributed by atoms with Crippen LogP contribution < -0.4 is 0 Å². The molecule has 0 N–H and O–H groups in total. The molecule has 0 amide bonds. The van der Waals surface area contributed by atoms with Crippen molar-refractivity contribution in [2.75, 3.05) is 0 Å². The molecule has 0 atom stereocenters. The highest BCUT2D eigenvalue weighted by molar-refractivity contribution is 6.33. The van der Waals surface area contributed by atoms with Crippen molar-refractivity contribution >= 4 is 54.6 Å². The Kier molecular flexibility index (Phi) is 5.68. The van der Waals surface area contributed by atoms with E-state index in [1.54, 1.807) is 0 Å². The Morgan fingerprint density at radius 2 is 0.704 bits per heavy atom. The van der Waals surface area contributed by atoms with Crippen LogP contribution in [0.2, 0.25) is 0 Å². The van der Waals surface area contributed by atoms with Gasteiger partial charge in [-0.3, -0.25) is 0 Å². The summed E-state index contributed by atoms with van der Waals surface area (Å²) in [5, 5.41) is 6.76. The third-order valence-electron chi connectivity index (χ3n) is 12.9. The van der Waals surface area contributed by atoms with E-state index in [1.807, 2.05) is 0 Å². The van der Waals surface area contributed by atoms with E-state index in [0.717, 1.165) is 55.0 Å². The van der Waals surface area contributed by atoms with Crippen molar-refractivity contribution in [3.05, 3.63) is 168 Å². The monoisotopic (exact) mass is 692 g/mol. The molecule has 2 heterocycles. The van der Waals surface area contributed by atoms with Crippen LogP contribution in [0.15, 0.2) is 154 Å². The summed E-state index contributed by atoms with van der Waals surface area (Å²) in [6.45, 7) is 9.34. The summed E-state index contributed by atoms with van der Waals surface area (Å²) < 4.78 is 13.7. The maximum atomic E-state index is 6.87. The molecule has 2 nitrogen and oxygen atoms in total. The molecule has 0 saturated carbocycles. The molecule has 12 rings (SSSR count). The molecule has 0 unspecified atom stereocenters. The maximum absolute atomic E-state index is 6.87. The summed E-state index contributed by atoms with van der Waals surface area (Å²) in [5.74, 6) is 0. The molecule has 2 heteroatoms. The van der Waals surface area contributed by atoms with Gasteiger partial charge in [0.25, 0.3) is 0 Å². The molecule has 0 saturated heterocycles. The van der Waals surface area contributed by atoms with Gasteiger partial charge in [-0.15, -0.1) is 0 Å². The minimum Gasteiger partial charge on any atom is -0.452 e. The van der Waals surface area contributed by atoms with Gasteiger partial charge < -0.3 is 8.83 Å². The molecule has 256 valence electrons. The Bertz CT molecular complexity index is 3050. The molecule has 0 bridgehead atoms. The van der Waals surface area contributed by atoms with E-state index in [9.17, 15) is 0 Å². The molecule has 0 aliphatic heterocycles. The van der Waals surface area contributed by atoms with Crippen LogP contribution in [0, 0.1) is 0 Å². The van der Waals surface area contributed by atoms with Gasteiger partial charge in [0.1, 0.15) is 11.2 Å². The molecular formula is C52H36O2. The zero-order chi connectivity index (χ0) is 36.1. The van der Waals surface area contributed by atoms with Gasteiger partial charge in [0.15, 0.2) is 11.2 Å². The summed E-state index contributed by atoms with van der Waals surface area (Å²) in [5.41, 5.74) is 18.8. The summed E-state index contributed by atoms with van der Waals surface area (Å²) in [7, 11) is 0. The molecule has 8 aromatic carbocycles. The lowest BCUT2D eigenvalue weighted by atomic mass is 9.81. The predicted octanol–water partition coefficient (Wildman–Crippen LogP) is 14.6. The van der Waals surface area contributed by atoms with E-state index < -0.39 is 0 Å². The first-order valence-corrected chi connectivity index (χ1v) is 19.0. The fourth-order valence-electron chi connectivity index (χ4n) is 10.1. The van der Waals surface area contributed by atoms with Crippen LogP contribution >= 0.6 is 0 Å². The highest BCUT2D eigenvalue weighted by atomic mass is 16.4. The first-order chi connectivity index (χ1) is 26.3. The summed E-state index contributed by atoms with van der Waals surface area (Å²) in [6.07, 6.45) is 0. The van der Waals surface area contributed by atoms with Gasteiger partial charge in [-0.2, -0.15) is 0 Å². The Morgan fingerprint density at radius 3 is 1.17 bits per heavy atom. The number of hydrogen-bond acceptors (Lipinski definition) is 2. The van der Waals surface area contributed by atoms with Gasteiger partial charge in [-0.05, 0) is 114 Å². The van der Waals surface area contributed by atoms with Gasteiger partial charge in [-0.1, -0.05) is 137 Å². The van der Waals surface area contributed by atoms with Crippen molar-refractivity contribution in [3.8, 4) is 44.5 Å². The number of hydrogen-bond donors (Lipinski definition) is 0. The topological polar surface area (TPSA) is 26.3 Å².